The van der Waals surface area contributed by atoms with Crippen LogP contribution in [0.4, 0.5) is 22.1 Å². The minimum Gasteiger partial charge on any atom is -0.378 e. The number of hydrogen-bond donors (Lipinski definition) is 2. The summed E-state index contributed by atoms with van der Waals surface area (Å²) in [7, 11) is 1.56. The van der Waals surface area contributed by atoms with Gasteiger partial charge in [0.1, 0.15) is 5.82 Å². The van der Waals surface area contributed by atoms with Gasteiger partial charge in [-0.2, -0.15) is 5.10 Å². The zero-order chi connectivity index (χ0) is 22.8. The van der Waals surface area contributed by atoms with Crippen LogP contribution in [0.1, 0.15) is 10.4 Å². The van der Waals surface area contributed by atoms with E-state index in [9.17, 15) is 9.59 Å². The first-order valence-electron chi connectivity index (χ1n) is 11.0. The standard InChI is InChI=1S/C24H26N6O3/c1-25-24(32)26-21-16-22-29(7-8-30(22)27-21)20-14-18(17-5-3-2-4-6-17)13-19(15-20)23(31)28-9-11-33-12-10-28/h2-6,13-16H,7-12H2,1H3,(H2,25,26,27,32). The third kappa shape index (κ3) is 4.27. The number of anilines is 3. The molecule has 3 aromatic rings. The zero-order valence-corrected chi connectivity index (χ0v) is 18.5. The summed E-state index contributed by atoms with van der Waals surface area (Å²) in [4.78, 5) is 29.0. The van der Waals surface area contributed by atoms with Gasteiger partial charge in [0.2, 0.25) is 0 Å². The first-order valence-corrected chi connectivity index (χ1v) is 11.0. The molecular weight excluding hydrogens is 420 g/mol. The Morgan fingerprint density at radius 1 is 0.939 bits per heavy atom. The van der Waals surface area contributed by atoms with E-state index in [1.807, 2.05) is 58.1 Å². The number of nitrogens with zero attached hydrogens (tertiary/aromatic N) is 4. The van der Waals surface area contributed by atoms with Crippen LogP contribution in [0.3, 0.4) is 0 Å². The van der Waals surface area contributed by atoms with Crippen molar-refractivity contribution in [2.45, 2.75) is 6.54 Å². The number of hydrogen-bond acceptors (Lipinski definition) is 5. The first-order chi connectivity index (χ1) is 16.1. The van der Waals surface area contributed by atoms with Crippen molar-refractivity contribution in [3.63, 3.8) is 0 Å². The number of carbonyl (C=O) groups excluding carboxylic acids is 2. The van der Waals surface area contributed by atoms with Crippen LogP contribution in [-0.2, 0) is 11.3 Å². The summed E-state index contributed by atoms with van der Waals surface area (Å²) in [6, 6.07) is 17.6. The summed E-state index contributed by atoms with van der Waals surface area (Å²) in [5, 5.41) is 9.74. The predicted octanol–water partition coefficient (Wildman–Crippen LogP) is 2.93. The maximum absolute atomic E-state index is 13.3. The molecule has 0 aliphatic carbocycles. The number of nitrogens with one attached hydrogen (secondary N) is 2. The van der Waals surface area contributed by atoms with Gasteiger partial charge in [0, 0.05) is 44.0 Å². The summed E-state index contributed by atoms with van der Waals surface area (Å²) in [6.45, 7) is 3.72. The Kier molecular flexibility index (Phi) is 5.70. The number of aromatic nitrogens is 2. The highest BCUT2D eigenvalue weighted by Crippen LogP contribution is 2.35. The largest absolute Gasteiger partial charge is 0.378 e. The molecule has 0 saturated carbocycles. The number of ether oxygens (including phenoxy) is 1. The summed E-state index contributed by atoms with van der Waals surface area (Å²) in [6.07, 6.45) is 0. The molecule has 0 atom stereocenters. The Bertz CT molecular complexity index is 1170. The Morgan fingerprint density at radius 3 is 2.48 bits per heavy atom. The van der Waals surface area contributed by atoms with Crippen molar-refractivity contribution in [2.24, 2.45) is 0 Å². The molecule has 3 heterocycles. The number of benzene rings is 2. The highest BCUT2D eigenvalue weighted by Gasteiger charge is 2.26. The number of urea groups is 1. The van der Waals surface area contributed by atoms with Crippen LogP contribution < -0.4 is 15.5 Å². The van der Waals surface area contributed by atoms with Crippen molar-refractivity contribution in [1.82, 2.24) is 20.0 Å². The van der Waals surface area contributed by atoms with Gasteiger partial charge in [0.05, 0.1) is 19.8 Å². The van der Waals surface area contributed by atoms with Crippen molar-refractivity contribution in [2.75, 3.05) is 50.1 Å². The second kappa shape index (κ2) is 8.95. The van der Waals surface area contributed by atoms with E-state index in [1.54, 1.807) is 7.05 Å². The SMILES string of the molecule is CNC(=O)Nc1cc2n(n1)CCN2c1cc(C(=O)N2CCOCC2)cc(-c2ccccc2)c1. The minimum absolute atomic E-state index is 0.00649. The molecule has 9 heteroatoms. The first kappa shape index (κ1) is 21.0. The molecule has 33 heavy (non-hydrogen) atoms. The van der Waals surface area contributed by atoms with Crippen LogP contribution in [0.2, 0.25) is 0 Å². The second-order valence-electron chi connectivity index (χ2n) is 8.01. The van der Waals surface area contributed by atoms with Gasteiger partial charge in [-0.3, -0.25) is 10.1 Å². The average molecular weight is 447 g/mol. The van der Waals surface area contributed by atoms with E-state index in [2.05, 4.69) is 26.7 Å². The highest BCUT2D eigenvalue weighted by molar-refractivity contribution is 5.97. The van der Waals surface area contributed by atoms with Crippen LogP contribution in [0.15, 0.2) is 54.6 Å². The van der Waals surface area contributed by atoms with Gasteiger partial charge in [-0.05, 0) is 29.3 Å². The number of rotatable bonds is 4. The molecule has 0 bridgehead atoms. The lowest BCUT2D eigenvalue weighted by Gasteiger charge is -2.27. The van der Waals surface area contributed by atoms with Gasteiger partial charge < -0.3 is 19.9 Å². The monoisotopic (exact) mass is 446 g/mol. The molecule has 1 aromatic heterocycles. The maximum Gasteiger partial charge on any atom is 0.320 e. The number of fused-ring (bicyclic) bond motifs is 1. The Labute approximate surface area is 191 Å². The Balaban J connectivity index is 1.52. The smallest absolute Gasteiger partial charge is 0.320 e. The van der Waals surface area contributed by atoms with Crippen molar-refractivity contribution in [3.05, 3.63) is 60.2 Å². The van der Waals surface area contributed by atoms with Gasteiger partial charge in [0.25, 0.3) is 5.91 Å². The second-order valence-corrected chi connectivity index (χ2v) is 8.01. The number of carbonyl (C=O) groups is 2. The molecule has 2 N–H and O–H groups in total. The van der Waals surface area contributed by atoms with E-state index in [-0.39, 0.29) is 11.9 Å². The van der Waals surface area contributed by atoms with Crippen molar-refractivity contribution in [3.8, 4) is 11.1 Å². The molecular formula is C24H26N6O3. The topological polar surface area (TPSA) is 91.7 Å². The zero-order valence-electron chi connectivity index (χ0n) is 18.5. The Morgan fingerprint density at radius 2 is 1.73 bits per heavy atom. The summed E-state index contributed by atoms with van der Waals surface area (Å²) in [5.41, 5.74) is 3.59. The molecule has 0 radical (unpaired) electrons. The van der Waals surface area contributed by atoms with E-state index in [0.29, 0.717) is 44.2 Å². The van der Waals surface area contributed by atoms with E-state index < -0.39 is 0 Å². The molecule has 1 saturated heterocycles. The van der Waals surface area contributed by atoms with Crippen LogP contribution >= 0.6 is 0 Å². The van der Waals surface area contributed by atoms with Crippen molar-refractivity contribution in [1.29, 1.82) is 0 Å². The number of amides is 3. The molecule has 3 amide bonds. The van der Waals surface area contributed by atoms with Crippen LogP contribution in [-0.4, -0.2) is 66.5 Å². The number of morpholine rings is 1. The molecule has 5 rings (SSSR count). The molecule has 2 aliphatic heterocycles. The van der Waals surface area contributed by atoms with Gasteiger partial charge in [-0.1, -0.05) is 30.3 Å². The van der Waals surface area contributed by atoms with E-state index >= 15 is 0 Å². The van der Waals surface area contributed by atoms with Crippen molar-refractivity contribution < 1.29 is 14.3 Å². The highest BCUT2D eigenvalue weighted by atomic mass is 16.5. The quantitative estimate of drug-likeness (QED) is 0.643. The molecule has 1 fully saturated rings. The normalized spacial score (nSPS) is 15.3. The lowest BCUT2D eigenvalue weighted by atomic mass is 10.0. The molecule has 2 aromatic carbocycles. The van der Waals surface area contributed by atoms with E-state index in [4.69, 9.17) is 4.74 Å². The maximum atomic E-state index is 13.3. The van der Waals surface area contributed by atoms with Gasteiger partial charge in [0.15, 0.2) is 5.82 Å². The van der Waals surface area contributed by atoms with E-state index in [0.717, 1.165) is 29.2 Å². The third-order valence-electron chi connectivity index (χ3n) is 5.92. The summed E-state index contributed by atoms with van der Waals surface area (Å²) < 4.78 is 7.28. The fraction of sp³-hybridized carbons (Fsp3) is 0.292. The fourth-order valence-electron chi connectivity index (χ4n) is 4.24. The molecule has 9 nitrogen and oxygen atoms in total. The summed E-state index contributed by atoms with van der Waals surface area (Å²) in [5.74, 6) is 1.36. The fourth-order valence-corrected chi connectivity index (χ4v) is 4.24. The van der Waals surface area contributed by atoms with Crippen LogP contribution in [0.5, 0.6) is 0 Å². The lowest BCUT2D eigenvalue weighted by Crippen LogP contribution is -2.40. The van der Waals surface area contributed by atoms with Gasteiger partial charge >= 0.3 is 6.03 Å². The third-order valence-corrected chi connectivity index (χ3v) is 5.92. The van der Waals surface area contributed by atoms with Gasteiger partial charge in [-0.15, -0.1) is 0 Å². The minimum atomic E-state index is -0.317. The molecule has 170 valence electrons. The lowest BCUT2D eigenvalue weighted by molar-refractivity contribution is 0.0303. The Hall–Kier alpha value is -3.85. The van der Waals surface area contributed by atoms with Gasteiger partial charge in [-0.25, -0.2) is 9.48 Å². The average Bonchev–Trinajstić information content (AvgIpc) is 3.44. The van der Waals surface area contributed by atoms with Crippen LogP contribution in [0, 0.1) is 0 Å². The molecule has 0 spiro atoms. The predicted molar refractivity (Wildman–Crippen MR) is 126 cm³/mol. The molecule has 0 unspecified atom stereocenters. The van der Waals surface area contributed by atoms with Crippen molar-refractivity contribution >= 4 is 29.3 Å². The van der Waals surface area contributed by atoms with Crippen LogP contribution in [0.25, 0.3) is 11.1 Å². The van der Waals surface area contributed by atoms with E-state index in [1.165, 1.54) is 0 Å². The molecule has 2 aliphatic rings. The summed E-state index contributed by atoms with van der Waals surface area (Å²) >= 11 is 0.